The zero-order valence-electron chi connectivity index (χ0n) is 15.5. The second-order valence-electron chi connectivity index (χ2n) is 6.47. The maximum Gasteiger partial charge on any atom is 0.273 e. The summed E-state index contributed by atoms with van der Waals surface area (Å²) < 4.78 is 1.69. The maximum absolute atomic E-state index is 13.3. The van der Waals surface area contributed by atoms with Crippen molar-refractivity contribution in [1.82, 2.24) is 4.68 Å². The highest BCUT2D eigenvalue weighted by atomic mass is 35.5. The Bertz CT molecular complexity index is 1090. The number of carbonyl (C=O) groups is 2. The summed E-state index contributed by atoms with van der Waals surface area (Å²) in [5, 5.41) is 2.60. The van der Waals surface area contributed by atoms with Crippen molar-refractivity contribution in [2.45, 2.75) is 13.8 Å². The first-order valence-corrected chi connectivity index (χ1v) is 10.1. The highest BCUT2D eigenvalue weighted by Gasteiger charge is 2.25. The normalized spacial score (nSPS) is 10.8. The van der Waals surface area contributed by atoms with E-state index in [0.29, 0.717) is 15.6 Å². The van der Waals surface area contributed by atoms with Gasteiger partial charge in [-0.15, -0.1) is 0 Å². The number of aromatic nitrogens is 1. The van der Waals surface area contributed by atoms with E-state index in [4.69, 9.17) is 46.4 Å². The van der Waals surface area contributed by atoms with E-state index in [-0.39, 0.29) is 27.9 Å². The van der Waals surface area contributed by atoms with Gasteiger partial charge >= 0.3 is 0 Å². The molecule has 29 heavy (non-hydrogen) atoms. The zero-order chi connectivity index (χ0) is 21.3. The van der Waals surface area contributed by atoms with E-state index < -0.39 is 5.91 Å². The molecule has 0 radical (unpaired) electrons. The SMILES string of the molecule is Cc1ccc(C)n1N(CC(=O)c1ccc(Cl)cc1Cl)C(=O)c1ccc(Cl)c(Cl)c1. The lowest BCUT2D eigenvalue weighted by Gasteiger charge is -2.27. The van der Waals surface area contributed by atoms with Gasteiger partial charge in [0.25, 0.3) is 5.91 Å². The number of nitrogens with zero attached hydrogens (tertiary/aromatic N) is 2. The molecule has 0 aliphatic heterocycles. The van der Waals surface area contributed by atoms with Gasteiger partial charge in [0.15, 0.2) is 5.78 Å². The minimum Gasteiger partial charge on any atom is -0.292 e. The van der Waals surface area contributed by atoms with E-state index in [0.717, 1.165) is 11.4 Å². The Labute approximate surface area is 188 Å². The number of Topliss-reactive ketones (excluding diaryl/α,β-unsaturated/α-hetero) is 1. The van der Waals surface area contributed by atoms with Crippen molar-refractivity contribution >= 4 is 58.1 Å². The van der Waals surface area contributed by atoms with Crippen LogP contribution in [0.2, 0.25) is 20.1 Å². The monoisotopic (exact) mass is 468 g/mol. The van der Waals surface area contributed by atoms with Crippen LogP contribution in [0.3, 0.4) is 0 Å². The van der Waals surface area contributed by atoms with Crippen LogP contribution in [0.15, 0.2) is 48.5 Å². The lowest BCUT2D eigenvalue weighted by atomic mass is 10.1. The molecular formula is C21H16Cl4N2O2. The Morgan fingerprint density at radius 1 is 0.828 bits per heavy atom. The van der Waals surface area contributed by atoms with Crippen LogP contribution in [0.25, 0.3) is 0 Å². The quantitative estimate of drug-likeness (QED) is 0.407. The van der Waals surface area contributed by atoms with Crippen LogP contribution in [0.5, 0.6) is 0 Å². The van der Waals surface area contributed by atoms with Crippen molar-refractivity contribution < 1.29 is 9.59 Å². The van der Waals surface area contributed by atoms with Crippen molar-refractivity contribution in [3.63, 3.8) is 0 Å². The number of hydrogen-bond acceptors (Lipinski definition) is 2. The highest BCUT2D eigenvalue weighted by molar-refractivity contribution is 6.42. The number of carbonyl (C=O) groups excluding carboxylic acids is 2. The molecule has 0 saturated heterocycles. The Morgan fingerprint density at radius 3 is 2.07 bits per heavy atom. The zero-order valence-corrected chi connectivity index (χ0v) is 18.6. The first-order chi connectivity index (χ1) is 13.7. The molecule has 0 saturated carbocycles. The summed E-state index contributed by atoms with van der Waals surface area (Å²) in [6, 6.07) is 12.9. The van der Waals surface area contributed by atoms with Gasteiger partial charge < -0.3 is 0 Å². The molecule has 0 atom stereocenters. The van der Waals surface area contributed by atoms with Gasteiger partial charge in [-0.05, 0) is 62.4 Å². The summed E-state index contributed by atoms with van der Waals surface area (Å²) in [4.78, 5) is 26.3. The molecule has 0 N–H and O–H groups in total. The second kappa shape index (κ2) is 8.80. The van der Waals surface area contributed by atoms with Gasteiger partial charge in [0.1, 0.15) is 6.54 Å². The largest absolute Gasteiger partial charge is 0.292 e. The molecule has 4 nitrogen and oxygen atoms in total. The van der Waals surface area contributed by atoms with Crippen molar-refractivity contribution in [3.8, 4) is 0 Å². The van der Waals surface area contributed by atoms with Crippen molar-refractivity contribution in [2.24, 2.45) is 0 Å². The van der Waals surface area contributed by atoms with Crippen LogP contribution in [-0.2, 0) is 0 Å². The average molecular weight is 470 g/mol. The molecule has 0 fully saturated rings. The molecule has 0 aliphatic rings. The van der Waals surface area contributed by atoms with Gasteiger partial charge in [-0.2, -0.15) is 0 Å². The smallest absolute Gasteiger partial charge is 0.273 e. The Balaban J connectivity index is 2.03. The number of benzene rings is 2. The molecule has 150 valence electrons. The predicted molar refractivity (Wildman–Crippen MR) is 119 cm³/mol. The molecule has 0 bridgehead atoms. The highest BCUT2D eigenvalue weighted by Crippen LogP contribution is 2.25. The Kier molecular flexibility index (Phi) is 6.59. The summed E-state index contributed by atoms with van der Waals surface area (Å²) in [5.41, 5.74) is 2.18. The average Bonchev–Trinajstić information content (AvgIpc) is 2.99. The second-order valence-corrected chi connectivity index (χ2v) is 8.12. The fourth-order valence-electron chi connectivity index (χ4n) is 2.99. The molecule has 3 aromatic rings. The number of halogens is 4. The minimum absolute atomic E-state index is 0.225. The van der Waals surface area contributed by atoms with Gasteiger partial charge in [-0.1, -0.05) is 46.4 Å². The molecule has 0 unspecified atom stereocenters. The summed E-state index contributed by atoms with van der Waals surface area (Å²) in [5.74, 6) is -0.725. The van der Waals surface area contributed by atoms with E-state index in [9.17, 15) is 9.59 Å². The molecule has 3 rings (SSSR count). The van der Waals surface area contributed by atoms with Crippen LogP contribution < -0.4 is 5.01 Å². The standard InChI is InChI=1S/C21H16Cl4N2O2/c1-12-3-4-13(2)27(12)26(21(29)14-5-8-17(23)19(25)9-14)11-20(28)16-7-6-15(22)10-18(16)24/h3-10H,11H2,1-2H3. The van der Waals surface area contributed by atoms with E-state index in [1.807, 2.05) is 26.0 Å². The van der Waals surface area contributed by atoms with Gasteiger partial charge in [0.05, 0.1) is 15.1 Å². The van der Waals surface area contributed by atoms with Gasteiger partial charge in [-0.3, -0.25) is 14.3 Å². The van der Waals surface area contributed by atoms with E-state index >= 15 is 0 Å². The van der Waals surface area contributed by atoms with E-state index in [2.05, 4.69) is 0 Å². The van der Waals surface area contributed by atoms with E-state index in [1.165, 1.54) is 17.1 Å². The fourth-order valence-corrected chi connectivity index (χ4v) is 3.80. The number of hydrogen-bond donors (Lipinski definition) is 0. The lowest BCUT2D eigenvalue weighted by molar-refractivity contribution is 0.0908. The first-order valence-electron chi connectivity index (χ1n) is 8.59. The van der Waals surface area contributed by atoms with Gasteiger partial charge in [-0.25, -0.2) is 5.01 Å². The number of aryl methyl sites for hydroxylation is 2. The molecule has 0 aliphatic carbocycles. The van der Waals surface area contributed by atoms with Crippen LogP contribution >= 0.6 is 46.4 Å². The van der Waals surface area contributed by atoms with E-state index in [1.54, 1.807) is 28.9 Å². The Morgan fingerprint density at radius 2 is 1.48 bits per heavy atom. The van der Waals surface area contributed by atoms with Crippen LogP contribution in [0.1, 0.15) is 32.1 Å². The summed E-state index contributed by atoms with van der Waals surface area (Å²) in [6.07, 6.45) is 0. The molecule has 1 heterocycles. The van der Waals surface area contributed by atoms with Crippen molar-refractivity contribution in [3.05, 3.63) is 91.1 Å². The third-order valence-corrected chi connectivity index (χ3v) is 5.69. The lowest BCUT2D eigenvalue weighted by Crippen LogP contribution is -2.45. The molecule has 1 aromatic heterocycles. The third kappa shape index (κ3) is 4.62. The first kappa shape index (κ1) is 21.7. The summed E-state index contributed by atoms with van der Waals surface area (Å²) in [6.45, 7) is 3.47. The van der Waals surface area contributed by atoms with Gasteiger partial charge in [0, 0.05) is 27.5 Å². The van der Waals surface area contributed by atoms with Crippen molar-refractivity contribution in [1.29, 1.82) is 0 Å². The number of rotatable bonds is 5. The van der Waals surface area contributed by atoms with Crippen LogP contribution in [0, 0.1) is 13.8 Å². The maximum atomic E-state index is 13.3. The fraction of sp³-hybridized carbons (Fsp3) is 0.143. The van der Waals surface area contributed by atoms with Crippen LogP contribution in [0.4, 0.5) is 0 Å². The van der Waals surface area contributed by atoms with Gasteiger partial charge in [0.2, 0.25) is 0 Å². The molecule has 2 aromatic carbocycles. The number of ketones is 1. The Hall–Kier alpha value is -1.98. The van der Waals surface area contributed by atoms with Crippen molar-refractivity contribution in [2.75, 3.05) is 11.6 Å². The predicted octanol–water partition coefficient (Wildman–Crippen LogP) is 6.38. The molecular weight excluding hydrogens is 454 g/mol. The molecule has 0 spiro atoms. The minimum atomic E-state index is -0.399. The molecule has 8 heteroatoms. The third-order valence-electron chi connectivity index (χ3n) is 4.40. The topological polar surface area (TPSA) is 42.3 Å². The summed E-state index contributed by atoms with van der Waals surface area (Å²) in [7, 11) is 0. The molecule has 1 amide bonds. The summed E-state index contributed by atoms with van der Waals surface area (Å²) >= 11 is 24.2. The van der Waals surface area contributed by atoms with Crippen LogP contribution in [-0.4, -0.2) is 22.9 Å². The number of amides is 1.